The zero-order valence-corrected chi connectivity index (χ0v) is 11.3. The molecule has 3 aromatic carbocycles. The van der Waals surface area contributed by atoms with Gasteiger partial charge in [0, 0.05) is 5.56 Å². The maximum absolute atomic E-state index is 12.9. The standard InChI is InChI=1S/C19H13FO/c20-17-10-5-14(6-11-17)7-12-19-16(13-21)9-8-15-3-1-2-4-18(15)19/h1-13H/b12-7-. The van der Waals surface area contributed by atoms with Crippen LogP contribution in [0.3, 0.4) is 0 Å². The fraction of sp³-hybridized carbons (Fsp3) is 0. The summed E-state index contributed by atoms with van der Waals surface area (Å²) in [5.74, 6) is -0.258. The number of hydrogen-bond acceptors (Lipinski definition) is 1. The van der Waals surface area contributed by atoms with Gasteiger partial charge in [-0.1, -0.05) is 60.7 Å². The summed E-state index contributed by atoms with van der Waals surface area (Å²) in [6, 6.07) is 17.9. The van der Waals surface area contributed by atoms with Crippen LogP contribution in [0.2, 0.25) is 0 Å². The molecule has 102 valence electrons. The third-order valence-electron chi connectivity index (χ3n) is 3.44. The van der Waals surface area contributed by atoms with Gasteiger partial charge in [0.1, 0.15) is 5.82 Å². The lowest BCUT2D eigenvalue weighted by molar-refractivity contribution is 0.112. The molecule has 0 N–H and O–H groups in total. The van der Waals surface area contributed by atoms with Crippen molar-refractivity contribution in [3.63, 3.8) is 0 Å². The van der Waals surface area contributed by atoms with E-state index in [0.29, 0.717) is 5.56 Å². The summed E-state index contributed by atoms with van der Waals surface area (Å²) in [7, 11) is 0. The normalized spacial score (nSPS) is 11.1. The smallest absolute Gasteiger partial charge is 0.150 e. The van der Waals surface area contributed by atoms with E-state index < -0.39 is 0 Å². The molecule has 0 heterocycles. The number of hydrogen-bond donors (Lipinski definition) is 0. The number of rotatable bonds is 3. The number of carbonyl (C=O) groups is 1. The Kier molecular flexibility index (Phi) is 3.61. The average Bonchev–Trinajstić information content (AvgIpc) is 2.54. The molecule has 0 aliphatic rings. The molecule has 0 aromatic heterocycles. The Morgan fingerprint density at radius 2 is 1.57 bits per heavy atom. The number of aldehydes is 1. The summed E-state index contributed by atoms with van der Waals surface area (Å²) < 4.78 is 12.9. The van der Waals surface area contributed by atoms with Crippen molar-refractivity contribution < 1.29 is 9.18 Å². The molecule has 0 atom stereocenters. The molecule has 0 bridgehead atoms. The van der Waals surface area contributed by atoms with E-state index in [1.54, 1.807) is 12.1 Å². The summed E-state index contributed by atoms with van der Waals surface area (Å²) in [4.78, 5) is 11.2. The molecule has 2 heteroatoms. The third kappa shape index (κ3) is 2.75. The molecule has 1 nitrogen and oxygen atoms in total. The highest BCUT2D eigenvalue weighted by Crippen LogP contribution is 2.24. The first-order chi connectivity index (χ1) is 10.3. The molecule has 0 aliphatic carbocycles. The number of benzene rings is 3. The van der Waals surface area contributed by atoms with Crippen molar-refractivity contribution in [2.24, 2.45) is 0 Å². The van der Waals surface area contributed by atoms with Gasteiger partial charge in [-0.05, 0) is 34.0 Å². The second-order valence-corrected chi connectivity index (χ2v) is 4.79. The van der Waals surface area contributed by atoms with E-state index in [9.17, 15) is 9.18 Å². The predicted octanol–water partition coefficient (Wildman–Crippen LogP) is 4.96. The lowest BCUT2D eigenvalue weighted by Gasteiger charge is -2.05. The van der Waals surface area contributed by atoms with Crippen LogP contribution in [0.15, 0.2) is 60.7 Å². The summed E-state index contributed by atoms with van der Waals surface area (Å²) in [6.45, 7) is 0. The first kappa shape index (κ1) is 13.3. The third-order valence-corrected chi connectivity index (χ3v) is 3.44. The summed E-state index contributed by atoms with van der Waals surface area (Å²) in [5, 5.41) is 2.11. The molecule has 0 radical (unpaired) electrons. The van der Waals surface area contributed by atoms with Gasteiger partial charge < -0.3 is 0 Å². The molecule has 21 heavy (non-hydrogen) atoms. The van der Waals surface area contributed by atoms with Gasteiger partial charge in [0.05, 0.1) is 0 Å². The van der Waals surface area contributed by atoms with Crippen LogP contribution in [-0.4, -0.2) is 6.29 Å². The Morgan fingerprint density at radius 1 is 0.810 bits per heavy atom. The highest BCUT2D eigenvalue weighted by atomic mass is 19.1. The molecule has 3 rings (SSSR count). The van der Waals surface area contributed by atoms with Crippen molar-refractivity contribution in [1.29, 1.82) is 0 Å². The zero-order valence-electron chi connectivity index (χ0n) is 11.3. The van der Waals surface area contributed by atoms with Crippen molar-refractivity contribution in [2.75, 3.05) is 0 Å². The molecule has 0 amide bonds. The van der Waals surface area contributed by atoms with Gasteiger partial charge in [0.2, 0.25) is 0 Å². The van der Waals surface area contributed by atoms with E-state index in [1.165, 1.54) is 12.1 Å². The van der Waals surface area contributed by atoms with Gasteiger partial charge in [-0.2, -0.15) is 0 Å². The largest absolute Gasteiger partial charge is 0.298 e. The van der Waals surface area contributed by atoms with Gasteiger partial charge in [0.15, 0.2) is 6.29 Å². The van der Waals surface area contributed by atoms with Crippen LogP contribution >= 0.6 is 0 Å². The number of fused-ring (bicyclic) bond motifs is 1. The molecule has 0 spiro atoms. The number of halogens is 1. The minimum Gasteiger partial charge on any atom is -0.298 e. The van der Waals surface area contributed by atoms with Gasteiger partial charge in [-0.25, -0.2) is 4.39 Å². The van der Waals surface area contributed by atoms with E-state index in [2.05, 4.69) is 0 Å². The SMILES string of the molecule is O=Cc1ccc2ccccc2c1/C=C\c1ccc(F)cc1. The first-order valence-corrected chi connectivity index (χ1v) is 6.68. The molecule has 0 fully saturated rings. The maximum Gasteiger partial charge on any atom is 0.150 e. The van der Waals surface area contributed by atoms with E-state index in [-0.39, 0.29) is 5.82 Å². The van der Waals surface area contributed by atoms with Crippen LogP contribution in [0, 0.1) is 5.82 Å². The average molecular weight is 276 g/mol. The van der Waals surface area contributed by atoms with Crippen LogP contribution in [0.25, 0.3) is 22.9 Å². The Morgan fingerprint density at radius 3 is 2.33 bits per heavy atom. The van der Waals surface area contributed by atoms with Gasteiger partial charge in [-0.3, -0.25) is 4.79 Å². The highest BCUT2D eigenvalue weighted by molar-refractivity contribution is 5.99. The lowest BCUT2D eigenvalue weighted by Crippen LogP contribution is -1.88. The molecule has 3 aromatic rings. The van der Waals surface area contributed by atoms with E-state index >= 15 is 0 Å². The van der Waals surface area contributed by atoms with E-state index in [0.717, 1.165) is 28.2 Å². The Balaban J connectivity index is 2.10. The zero-order chi connectivity index (χ0) is 14.7. The molecule has 0 aliphatic heterocycles. The Bertz CT molecular complexity index is 817. The van der Waals surface area contributed by atoms with E-state index in [4.69, 9.17) is 0 Å². The van der Waals surface area contributed by atoms with Crippen molar-refractivity contribution in [1.82, 2.24) is 0 Å². The predicted molar refractivity (Wildman–Crippen MR) is 84.7 cm³/mol. The summed E-state index contributed by atoms with van der Waals surface area (Å²) in [5.41, 5.74) is 2.42. The molecule has 0 saturated heterocycles. The minimum absolute atomic E-state index is 0.258. The Hall–Kier alpha value is -2.74. The van der Waals surface area contributed by atoms with Crippen LogP contribution in [0.1, 0.15) is 21.5 Å². The van der Waals surface area contributed by atoms with Gasteiger partial charge >= 0.3 is 0 Å². The van der Waals surface area contributed by atoms with Crippen LogP contribution in [0.5, 0.6) is 0 Å². The van der Waals surface area contributed by atoms with E-state index in [1.807, 2.05) is 48.6 Å². The van der Waals surface area contributed by atoms with Crippen LogP contribution in [0.4, 0.5) is 4.39 Å². The molecule has 0 unspecified atom stereocenters. The highest BCUT2D eigenvalue weighted by Gasteiger charge is 2.04. The quantitative estimate of drug-likeness (QED) is 0.488. The van der Waals surface area contributed by atoms with Crippen molar-refractivity contribution in [3.05, 3.63) is 83.2 Å². The molecular weight excluding hydrogens is 263 g/mol. The maximum atomic E-state index is 12.9. The van der Waals surface area contributed by atoms with Crippen molar-refractivity contribution in [3.8, 4) is 0 Å². The fourth-order valence-corrected chi connectivity index (χ4v) is 2.35. The number of carbonyl (C=O) groups excluding carboxylic acids is 1. The van der Waals surface area contributed by atoms with Gasteiger partial charge in [0.25, 0.3) is 0 Å². The van der Waals surface area contributed by atoms with Crippen molar-refractivity contribution in [2.45, 2.75) is 0 Å². The monoisotopic (exact) mass is 276 g/mol. The van der Waals surface area contributed by atoms with Gasteiger partial charge in [-0.15, -0.1) is 0 Å². The second-order valence-electron chi connectivity index (χ2n) is 4.79. The lowest BCUT2D eigenvalue weighted by atomic mass is 9.98. The molecule has 0 saturated carbocycles. The Labute approximate surface area is 122 Å². The molecular formula is C19H13FO. The first-order valence-electron chi connectivity index (χ1n) is 6.68. The summed E-state index contributed by atoms with van der Waals surface area (Å²) in [6.07, 6.45) is 4.64. The minimum atomic E-state index is -0.258. The summed E-state index contributed by atoms with van der Waals surface area (Å²) >= 11 is 0. The van der Waals surface area contributed by atoms with Crippen LogP contribution in [-0.2, 0) is 0 Å². The van der Waals surface area contributed by atoms with Crippen LogP contribution < -0.4 is 0 Å². The fourth-order valence-electron chi connectivity index (χ4n) is 2.35. The second kappa shape index (κ2) is 5.71. The topological polar surface area (TPSA) is 17.1 Å². The van der Waals surface area contributed by atoms with Crippen molar-refractivity contribution >= 4 is 29.2 Å².